The summed E-state index contributed by atoms with van der Waals surface area (Å²) in [6.07, 6.45) is 4.21. The number of sulfonamides is 1. The summed E-state index contributed by atoms with van der Waals surface area (Å²) in [5, 5.41) is 1.05. The minimum Gasteiger partial charge on any atom is -0.261 e. The topological polar surface area (TPSA) is 72.0 Å². The van der Waals surface area contributed by atoms with E-state index >= 15 is 0 Å². The third-order valence-electron chi connectivity index (χ3n) is 2.13. The van der Waals surface area contributed by atoms with Gasteiger partial charge in [0.15, 0.2) is 11.0 Å². The van der Waals surface area contributed by atoms with E-state index in [0.29, 0.717) is 0 Å². The van der Waals surface area contributed by atoms with Crippen molar-refractivity contribution in [2.45, 2.75) is 0 Å². The van der Waals surface area contributed by atoms with Crippen LogP contribution in [0.1, 0.15) is 5.56 Å². The van der Waals surface area contributed by atoms with Crippen LogP contribution in [0.15, 0.2) is 48.1 Å². The smallest absolute Gasteiger partial charge is 0.256 e. The van der Waals surface area contributed by atoms with E-state index in [9.17, 15) is 8.42 Å². The van der Waals surface area contributed by atoms with Crippen LogP contribution in [0, 0.1) is 0 Å². The van der Waals surface area contributed by atoms with Gasteiger partial charge in [0.1, 0.15) is 0 Å². The molecule has 0 bridgehead atoms. The molecule has 0 aliphatic heterocycles. The average Bonchev–Trinajstić information content (AvgIpc) is 2.40. The van der Waals surface area contributed by atoms with Gasteiger partial charge >= 0.3 is 0 Å². The fourth-order valence-electron chi connectivity index (χ4n) is 1.29. The van der Waals surface area contributed by atoms with E-state index in [2.05, 4.69) is 14.7 Å². The van der Waals surface area contributed by atoms with E-state index < -0.39 is 10.0 Å². The molecule has 1 aromatic carbocycles. The van der Waals surface area contributed by atoms with Gasteiger partial charge < -0.3 is 0 Å². The monoisotopic (exact) mass is 295 g/mol. The van der Waals surface area contributed by atoms with Crippen LogP contribution in [0.25, 0.3) is 6.08 Å². The zero-order valence-electron chi connectivity index (χ0n) is 9.69. The van der Waals surface area contributed by atoms with Gasteiger partial charge in [0.25, 0.3) is 10.0 Å². The Labute approximate surface area is 116 Å². The highest BCUT2D eigenvalue weighted by Gasteiger charge is 2.10. The highest BCUT2D eigenvalue weighted by molar-refractivity contribution is 7.95. The maximum atomic E-state index is 11.8. The van der Waals surface area contributed by atoms with Gasteiger partial charge in [0.05, 0.1) is 5.41 Å². The number of hydrogen-bond acceptors (Lipinski definition) is 4. The molecule has 0 fully saturated rings. The van der Waals surface area contributed by atoms with Gasteiger partial charge in [-0.15, -0.1) is 0 Å². The van der Waals surface area contributed by atoms with Gasteiger partial charge in [-0.25, -0.2) is 18.4 Å². The highest BCUT2D eigenvalue weighted by atomic mass is 35.5. The second kappa shape index (κ2) is 5.81. The SMILES string of the molecule is O=S(=O)(/C=C/c1ccccc1)Nc1nccnc1Cl. The quantitative estimate of drug-likeness (QED) is 0.941. The van der Waals surface area contributed by atoms with E-state index in [-0.39, 0.29) is 11.0 Å². The molecule has 0 spiro atoms. The average molecular weight is 296 g/mol. The van der Waals surface area contributed by atoms with Crippen LogP contribution >= 0.6 is 11.6 Å². The molecular formula is C12H10ClN3O2S. The van der Waals surface area contributed by atoms with E-state index in [1.165, 1.54) is 18.5 Å². The molecule has 2 aromatic rings. The molecule has 5 nitrogen and oxygen atoms in total. The Hall–Kier alpha value is -1.92. The first-order valence-electron chi connectivity index (χ1n) is 5.29. The lowest BCUT2D eigenvalue weighted by Gasteiger charge is -2.03. The van der Waals surface area contributed by atoms with Crippen LogP contribution in [0.3, 0.4) is 0 Å². The van der Waals surface area contributed by atoms with Crippen molar-refractivity contribution in [2.75, 3.05) is 4.72 Å². The molecule has 0 amide bonds. The second-order valence-corrected chi connectivity index (χ2v) is 5.48. The zero-order chi connectivity index (χ0) is 13.7. The van der Waals surface area contributed by atoms with Crippen molar-refractivity contribution in [2.24, 2.45) is 0 Å². The molecule has 1 aromatic heterocycles. The van der Waals surface area contributed by atoms with Crippen molar-refractivity contribution >= 4 is 33.5 Å². The molecule has 2 rings (SSSR count). The number of benzene rings is 1. The molecule has 1 N–H and O–H groups in total. The second-order valence-electron chi connectivity index (χ2n) is 3.56. The number of anilines is 1. The minimum atomic E-state index is -3.67. The zero-order valence-corrected chi connectivity index (χ0v) is 11.3. The van der Waals surface area contributed by atoms with Crippen LogP contribution in [-0.4, -0.2) is 18.4 Å². The first-order valence-corrected chi connectivity index (χ1v) is 7.22. The Balaban J connectivity index is 2.16. The number of aromatic nitrogens is 2. The molecule has 0 unspecified atom stereocenters. The van der Waals surface area contributed by atoms with Crippen molar-refractivity contribution in [3.63, 3.8) is 0 Å². The number of hydrogen-bond donors (Lipinski definition) is 1. The van der Waals surface area contributed by atoms with E-state index in [1.807, 2.05) is 18.2 Å². The van der Waals surface area contributed by atoms with Crippen molar-refractivity contribution in [3.8, 4) is 0 Å². The predicted octanol–water partition coefficient (Wildman–Crippen LogP) is 2.54. The van der Waals surface area contributed by atoms with Crippen LogP contribution in [0.4, 0.5) is 5.82 Å². The van der Waals surface area contributed by atoms with Gasteiger partial charge in [-0.2, -0.15) is 0 Å². The molecule has 0 radical (unpaired) electrons. The summed E-state index contributed by atoms with van der Waals surface area (Å²) >= 11 is 5.72. The fraction of sp³-hybridized carbons (Fsp3) is 0. The van der Waals surface area contributed by atoms with Crippen molar-refractivity contribution < 1.29 is 8.42 Å². The lowest BCUT2D eigenvalue weighted by molar-refractivity contribution is 0.609. The summed E-state index contributed by atoms with van der Waals surface area (Å²) in [6.45, 7) is 0. The summed E-state index contributed by atoms with van der Waals surface area (Å²) < 4.78 is 25.8. The molecule has 98 valence electrons. The largest absolute Gasteiger partial charge is 0.261 e. The van der Waals surface area contributed by atoms with Crippen molar-refractivity contribution in [1.29, 1.82) is 0 Å². The summed E-state index contributed by atoms with van der Waals surface area (Å²) in [6, 6.07) is 9.07. The van der Waals surface area contributed by atoms with Gasteiger partial charge in [-0.05, 0) is 11.6 Å². The molecular weight excluding hydrogens is 286 g/mol. The highest BCUT2D eigenvalue weighted by Crippen LogP contribution is 2.16. The van der Waals surface area contributed by atoms with Gasteiger partial charge in [0, 0.05) is 12.4 Å². The van der Waals surface area contributed by atoms with Crippen LogP contribution in [0.2, 0.25) is 5.15 Å². The van der Waals surface area contributed by atoms with Gasteiger partial charge in [0.2, 0.25) is 0 Å². The molecule has 0 aliphatic rings. The molecule has 19 heavy (non-hydrogen) atoms. The summed E-state index contributed by atoms with van der Waals surface area (Å²) in [7, 11) is -3.67. The van der Waals surface area contributed by atoms with Crippen LogP contribution in [-0.2, 0) is 10.0 Å². The molecule has 0 aliphatic carbocycles. The summed E-state index contributed by atoms with van der Waals surface area (Å²) in [4.78, 5) is 7.53. The Bertz CT molecular complexity index is 687. The molecule has 0 atom stereocenters. The normalized spacial score (nSPS) is 11.6. The fourth-order valence-corrected chi connectivity index (χ4v) is 2.32. The standard InChI is InChI=1S/C12H10ClN3O2S/c13-11-12(15-8-7-14-11)16-19(17,18)9-6-10-4-2-1-3-5-10/h1-9H,(H,15,16)/b9-6+. The Morgan fingerprint density at radius 3 is 2.47 bits per heavy atom. The van der Waals surface area contributed by atoms with Crippen LogP contribution < -0.4 is 4.72 Å². The third-order valence-corrected chi connectivity index (χ3v) is 3.38. The minimum absolute atomic E-state index is 0.000754. The molecule has 0 saturated carbocycles. The van der Waals surface area contributed by atoms with Gasteiger partial charge in [-0.1, -0.05) is 41.9 Å². The number of nitrogens with one attached hydrogen (secondary N) is 1. The Morgan fingerprint density at radius 2 is 1.79 bits per heavy atom. The number of rotatable bonds is 4. The molecule has 0 saturated heterocycles. The first kappa shape index (κ1) is 13.5. The maximum absolute atomic E-state index is 11.8. The lowest BCUT2D eigenvalue weighted by Crippen LogP contribution is -2.10. The third kappa shape index (κ3) is 4.04. The van der Waals surface area contributed by atoms with E-state index in [0.717, 1.165) is 11.0 Å². The first-order chi connectivity index (χ1) is 9.07. The van der Waals surface area contributed by atoms with Crippen molar-refractivity contribution in [3.05, 3.63) is 58.9 Å². The van der Waals surface area contributed by atoms with Crippen LogP contribution in [0.5, 0.6) is 0 Å². The number of nitrogens with zero attached hydrogens (tertiary/aromatic N) is 2. The predicted molar refractivity (Wildman–Crippen MR) is 75.1 cm³/mol. The summed E-state index contributed by atoms with van der Waals surface area (Å²) in [5.74, 6) is 0.00174. The Kier molecular flexibility index (Phi) is 4.13. The van der Waals surface area contributed by atoms with E-state index in [4.69, 9.17) is 11.6 Å². The van der Waals surface area contributed by atoms with Crippen molar-refractivity contribution in [1.82, 2.24) is 9.97 Å². The molecule has 1 heterocycles. The number of halogens is 1. The Morgan fingerprint density at radius 1 is 1.11 bits per heavy atom. The lowest BCUT2D eigenvalue weighted by atomic mass is 10.2. The maximum Gasteiger partial charge on any atom is 0.256 e. The summed E-state index contributed by atoms with van der Waals surface area (Å²) in [5.41, 5.74) is 0.776. The van der Waals surface area contributed by atoms with E-state index in [1.54, 1.807) is 12.1 Å². The van der Waals surface area contributed by atoms with Gasteiger partial charge in [-0.3, -0.25) is 4.72 Å². The molecule has 7 heteroatoms.